The first-order chi connectivity index (χ1) is 4.84. The molecule has 1 rings (SSSR count). The predicted molar refractivity (Wildman–Crippen MR) is 44.1 cm³/mol. The van der Waals surface area contributed by atoms with E-state index in [0.717, 1.165) is 5.69 Å². The number of hydrogen-bond acceptors (Lipinski definition) is 2. The summed E-state index contributed by atoms with van der Waals surface area (Å²) < 4.78 is 5.09. The Labute approximate surface area is 65.2 Å². The Bertz CT molecular complexity index is 205. The third kappa shape index (κ3) is 1.57. The van der Waals surface area contributed by atoms with Crippen molar-refractivity contribution in [2.24, 2.45) is 0 Å². The summed E-state index contributed by atoms with van der Waals surface area (Å²) in [6.45, 7) is 2.53. The van der Waals surface area contributed by atoms with Crippen molar-refractivity contribution in [1.29, 1.82) is 0 Å². The third-order valence-electron chi connectivity index (χ3n) is 1.09. The monoisotopic (exact) mass is 155 g/mol. The van der Waals surface area contributed by atoms with Gasteiger partial charge in [-0.1, -0.05) is 0 Å². The molecule has 0 bridgehead atoms. The number of aromatic amines is 1. The Morgan fingerprint density at radius 2 is 2.60 bits per heavy atom. The molecular weight excluding hydrogens is 146 g/mol. The molecule has 0 radical (unpaired) electrons. The summed E-state index contributed by atoms with van der Waals surface area (Å²) in [6, 6.07) is 3.78. The number of hydrogen-bond donors (Lipinski definition) is 1. The lowest BCUT2D eigenvalue weighted by Gasteiger charge is -2.00. The van der Waals surface area contributed by atoms with Crippen LogP contribution in [0, 0.1) is 0 Å². The van der Waals surface area contributed by atoms with E-state index in [9.17, 15) is 0 Å². The molecule has 54 valence electrons. The highest BCUT2D eigenvalue weighted by molar-refractivity contribution is 7.80. The zero-order chi connectivity index (χ0) is 7.40. The lowest BCUT2D eigenvalue weighted by Crippen LogP contribution is -2.02. The van der Waals surface area contributed by atoms with E-state index in [4.69, 9.17) is 17.0 Å². The molecule has 0 aliphatic heterocycles. The van der Waals surface area contributed by atoms with Gasteiger partial charge in [-0.3, -0.25) is 0 Å². The van der Waals surface area contributed by atoms with Crippen LogP contribution in [0.5, 0.6) is 0 Å². The van der Waals surface area contributed by atoms with Crippen molar-refractivity contribution in [3.05, 3.63) is 24.0 Å². The molecule has 0 saturated carbocycles. The van der Waals surface area contributed by atoms with Crippen molar-refractivity contribution in [3.63, 3.8) is 0 Å². The number of rotatable bonds is 2. The molecule has 1 aromatic rings. The minimum Gasteiger partial charge on any atom is -0.482 e. The molecule has 0 aliphatic rings. The SMILES string of the molecule is CCOC(=S)c1ccc[nH]1. The first kappa shape index (κ1) is 7.28. The Balaban J connectivity index is 2.59. The lowest BCUT2D eigenvalue weighted by atomic mass is 10.5. The highest BCUT2D eigenvalue weighted by Crippen LogP contribution is 1.98. The van der Waals surface area contributed by atoms with Gasteiger partial charge in [0.2, 0.25) is 5.05 Å². The molecule has 0 aliphatic carbocycles. The average molecular weight is 155 g/mol. The molecule has 0 unspecified atom stereocenters. The van der Waals surface area contributed by atoms with Crippen molar-refractivity contribution in [2.45, 2.75) is 6.92 Å². The summed E-state index contributed by atoms with van der Waals surface area (Å²) in [5.74, 6) is 0. The molecular formula is C7H9NOS. The van der Waals surface area contributed by atoms with Crippen molar-refractivity contribution < 1.29 is 4.74 Å². The Morgan fingerprint density at radius 1 is 1.80 bits per heavy atom. The number of nitrogens with one attached hydrogen (secondary N) is 1. The molecule has 1 aromatic heterocycles. The zero-order valence-electron chi connectivity index (χ0n) is 5.76. The second kappa shape index (κ2) is 3.37. The smallest absolute Gasteiger partial charge is 0.207 e. The summed E-state index contributed by atoms with van der Waals surface area (Å²) >= 11 is 4.92. The number of aromatic nitrogens is 1. The van der Waals surface area contributed by atoms with Crippen molar-refractivity contribution in [3.8, 4) is 0 Å². The first-order valence-corrected chi connectivity index (χ1v) is 3.56. The van der Waals surface area contributed by atoms with E-state index in [1.54, 1.807) is 0 Å². The van der Waals surface area contributed by atoms with Crippen LogP contribution >= 0.6 is 12.2 Å². The summed E-state index contributed by atoms with van der Waals surface area (Å²) in [5.41, 5.74) is 0.872. The lowest BCUT2D eigenvalue weighted by molar-refractivity contribution is 0.337. The van der Waals surface area contributed by atoms with E-state index in [1.165, 1.54) is 0 Å². The standard InChI is InChI=1S/C7H9NOS/c1-2-9-7(10)6-4-3-5-8-6/h3-5,8H,2H2,1H3. The first-order valence-electron chi connectivity index (χ1n) is 3.15. The van der Waals surface area contributed by atoms with Crippen molar-refractivity contribution in [2.75, 3.05) is 6.61 Å². The fraction of sp³-hybridized carbons (Fsp3) is 0.286. The van der Waals surface area contributed by atoms with E-state index in [0.29, 0.717) is 11.7 Å². The largest absolute Gasteiger partial charge is 0.482 e. The topological polar surface area (TPSA) is 25.0 Å². The van der Waals surface area contributed by atoms with Crippen LogP contribution in [0.4, 0.5) is 0 Å². The van der Waals surface area contributed by atoms with Crippen LogP contribution < -0.4 is 0 Å². The quantitative estimate of drug-likeness (QED) is 0.658. The van der Waals surface area contributed by atoms with Crippen LogP contribution in [0.15, 0.2) is 18.3 Å². The Kier molecular flexibility index (Phi) is 2.45. The molecule has 1 heterocycles. The van der Waals surface area contributed by atoms with Gasteiger partial charge in [0.05, 0.1) is 12.3 Å². The summed E-state index contributed by atoms with van der Waals surface area (Å²) in [5, 5.41) is 0.535. The van der Waals surface area contributed by atoms with Crippen LogP contribution in [0.3, 0.4) is 0 Å². The summed E-state index contributed by atoms with van der Waals surface area (Å²) in [6.07, 6.45) is 1.82. The fourth-order valence-corrected chi connectivity index (χ4v) is 0.911. The molecule has 0 aromatic carbocycles. The van der Waals surface area contributed by atoms with Gasteiger partial charge in [-0.15, -0.1) is 0 Å². The molecule has 0 saturated heterocycles. The van der Waals surface area contributed by atoms with Gasteiger partial charge in [-0.05, 0) is 31.3 Å². The maximum atomic E-state index is 5.09. The highest BCUT2D eigenvalue weighted by Gasteiger charge is 1.98. The van der Waals surface area contributed by atoms with Gasteiger partial charge in [0.25, 0.3) is 0 Å². The van der Waals surface area contributed by atoms with Gasteiger partial charge in [-0.2, -0.15) is 0 Å². The Morgan fingerprint density at radius 3 is 3.10 bits per heavy atom. The van der Waals surface area contributed by atoms with E-state index in [1.807, 2.05) is 25.3 Å². The maximum Gasteiger partial charge on any atom is 0.207 e. The molecule has 3 heteroatoms. The average Bonchev–Trinajstić information content (AvgIpc) is 2.38. The normalized spacial score (nSPS) is 9.30. The second-order valence-electron chi connectivity index (χ2n) is 1.80. The number of ether oxygens (including phenoxy) is 1. The molecule has 0 amide bonds. The summed E-state index contributed by atoms with van der Waals surface area (Å²) in [7, 11) is 0. The predicted octanol–water partition coefficient (Wildman–Crippen LogP) is 1.73. The third-order valence-corrected chi connectivity index (χ3v) is 1.43. The van der Waals surface area contributed by atoms with Gasteiger partial charge < -0.3 is 9.72 Å². The molecule has 10 heavy (non-hydrogen) atoms. The van der Waals surface area contributed by atoms with E-state index in [-0.39, 0.29) is 0 Å². The minimum atomic E-state index is 0.535. The molecule has 1 N–H and O–H groups in total. The van der Waals surface area contributed by atoms with Crippen LogP contribution in [-0.4, -0.2) is 16.6 Å². The Hall–Kier alpha value is -0.830. The molecule has 2 nitrogen and oxygen atoms in total. The van der Waals surface area contributed by atoms with Crippen LogP contribution in [0.1, 0.15) is 12.6 Å². The second-order valence-corrected chi connectivity index (χ2v) is 2.18. The molecule has 0 spiro atoms. The van der Waals surface area contributed by atoms with Gasteiger partial charge in [0.1, 0.15) is 0 Å². The van der Waals surface area contributed by atoms with Crippen LogP contribution in [0.25, 0.3) is 0 Å². The van der Waals surface area contributed by atoms with Gasteiger partial charge >= 0.3 is 0 Å². The van der Waals surface area contributed by atoms with E-state index in [2.05, 4.69) is 4.98 Å². The van der Waals surface area contributed by atoms with Gasteiger partial charge in [-0.25, -0.2) is 0 Å². The van der Waals surface area contributed by atoms with Crippen LogP contribution in [0.2, 0.25) is 0 Å². The van der Waals surface area contributed by atoms with Gasteiger partial charge in [0, 0.05) is 6.20 Å². The van der Waals surface area contributed by atoms with E-state index < -0.39 is 0 Å². The number of H-pyrrole nitrogens is 1. The van der Waals surface area contributed by atoms with Crippen molar-refractivity contribution in [1.82, 2.24) is 4.98 Å². The minimum absolute atomic E-state index is 0.535. The summed E-state index contributed by atoms with van der Waals surface area (Å²) in [4.78, 5) is 2.96. The van der Waals surface area contributed by atoms with Crippen LogP contribution in [-0.2, 0) is 4.74 Å². The van der Waals surface area contributed by atoms with Crippen molar-refractivity contribution >= 4 is 17.3 Å². The van der Waals surface area contributed by atoms with Gasteiger partial charge in [0.15, 0.2) is 0 Å². The highest BCUT2D eigenvalue weighted by atomic mass is 32.1. The number of thiocarbonyl (C=S) groups is 1. The molecule has 0 atom stereocenters. The maximum absolute atomic E-state index is 5.09. The molecule has 0 fully saturated rings. The fourth-order valence-electron chi connectivity index (χ4n) is 0.666. The van der Waals surface area contributed by atoms with E-state index >= 15 is 0 Å². The zero-order valence-corrected chi connectivity index (χ0v) is 6.57.